The van der Waals surface area contributed by atoms with E-state index in [4.69, 9.17) is 16.7 Å². The van der Waals surface area contributed by atoms with Gasteiger partial charge in [0.15, 0.2) is 6.19 Å². The SMILES string of the molecule is Cc1cccc(C2N=C(NC#N)Nc3nc(N)c(C#N)c(N)c32)c1C. The summed E-state index contributed by atoms with van der Waals surface area (Å²) in [6.45, 7) is 4.00. The Labute approximate surface area is 144 Å². The van der Waals surface area contributed by atoms with Gasteiger partial charge in [-0.1, -0.05) is 18.2 Å². The van der Waals surface area contributed by atoms with Crippen LogP contribution >= 0.6 is 0 Å². The van der Waals surface area contributed by atoms with Crippen LogP contribution in [-0.4, -0.2) is 10.9 Å². The fourth-order valence-electron chi connectivity index (χ4n) is 2.88. The molecule has 6 N–H and O–H groups in total. The van der Waals surface area contributed by atoms with Gasteiger partial charge in [0.2, 0.25) is 5.96 Å². The van der Waals surface area contributed by atoms with E-state index < -0.39 is 6.04 Å². The molecule has 0 bridgehead atoms. The van der Waals surface area contributed by atoms with Crippen molar-refractivity contribution < 1.29 is 0 Å². The number of aliphatic imine (C=N–C) groups is 1. The molecule has 2 aromatic rings. The normalized spacial score (nSPS) is 15.2. The van der Waals surface area contributed by atoms with E-state index in [0.717, 1.165) is 16.7 Å². The number of rotatable bonds is 1. The van der Waals surface area contributed by atoms with Gasteiger partial charge in [0, 0.05) is 5.56 Å². The number of hydrogen-bond donors (Lipinski definition) is 4. The first-order valence-electron chi connectivity index (χ1n) is 7.52. The van der Waals surface area contributed by atoms with Crippen LogP contribution in [0.2, 0.25) is 0 Å². The highest BCUT2D eigenvalue weighted by Crippen LogP contribution is 2.41. The van der Waals surface area contributed by atoms with Crippen LogP contribution in [-0.2, 0) is 0 Å². The predicted octanol–water partition coefficient (Wildman–Crippen LogP) is 1.68. The van der Waals surface area contributed by atoms with Crippen molar-refractivity contribution in [1.82, 2.24) is 10.3 Å². The second-order valence-corrected chi connectivity index (χ2v) is 5.69. The predicted molar refractivity (Wildman–Crippen MR) is 95.3 cm³/mol. The molecule has 8 heteroatoms. The Morgan fingerprint density at radius 2 is 2.00 bits per heavy atom. The molecule has 124 valence electrons. The number of hydrogen-bond acceptors (Lipinski definition) is 8. The molecular formula is C17H16N8. The number of aryl methyl sites for hydroxylation is 1. The lowest BCUT2D eigenvalue weighted by Gasteiger charge is -2.27. The maximum absolute atomic E-state index is 9.33. The molecule has 1 atom stereocenters. The number of aromatic nitrogens is 1. The number of nitrogens with zero attached hydrogens (tertiary/aromatic N) is 4. The molecule has 1 aromatic carbocycles. The van der Waals surface area contributed by atoms with E-state index in [1.165, 1.54) is 0 Å². The third-order valence-electron chi connectivity index (χ3n) is 4.30. The van der Waals surface area contributed by atoms with Gasteiger partial charge < -0.3 is 16.8 Å². The second-order valence-electron chi connectivity index (χ2n) is 5.69. The Balaban J connectivity index is 2.30. The van der Waals surface area contributed by atoms with Gasteiger partial charge in [0.1, 0.15) is 29.3 Å². The van der Waals surface area contributed by atoms with E-state index in [1.54, 1.807) is 0 Å². The summed E-state index contributed by atoms with van der Waals surface area (Å²) in [5.74, 6) is 0.661. The van der Waals surface area contributed by atoms with Gasteiger partial charge >= 0.3 is 0 Å². The van der Waals surface area contributed by atoms with Gasteiger partial charge in [-0.05, 0) is 30.5 Å². The summed E-state index contributed by atoms with van der Waals surface area (Å²) in [4.78, 5) is 8.79. The monoisotopic (exact) mass is 332 g/mol. The number of anilines is 3. The number of benzene rings is 1. The van der Waals surface area contributed by atoms with E-state index in [2.05, 4.69) is 20.6 Å². The fourth-order valence-corrected chi connectivity index (χ4v) is 2.88. The molecule has 0 amide bonds. The molecule has 0 aliphatic carbocycles. The fraction of sp³-hybridized carbons (Fsp3) is 0.176. The Morgan fingerprint density at radius 1 is 1.24 bits per heavy atom. The summed E-state index contributed by atoms with van der Waals surface area (Å²) < 4.78 is 0. The van der Waals surface area contributed by atoms with Gasteiger partial charge in [0.25, 0.3) is 0 Å². The van der Waals surface area contributed by atoms with Gasteiger partial charge in [0.05, 0.1) is 5.69 Å². The summed E-state index contributed by atoms with van der Waals surface area (Å²) in [7, 11) is 0. The molecule has 8 nitrogen and oxygen atoms in total. The quantitative estimate of drug-likeness (QED) is 0.458. The lowest BCUT2D eigenvalue weighted by Crippen LogP contribution is -2.33. The van der Waals surface area contributed by atoms with Crippen molar-refractivity contribution in [2.75, 3.05) is 16.8 Å². The van der Waals surface area contributed by atoms with Crippen LogP contribution in [0.1, 0.15) is 33.9 Å². The summed E-state index contributed by atoms with van der Waals surface area (Å²) in [5.41, 5.74) is 16.1. The van der Waals surface area contributed by atoms with Gasteiger partial charge in [-0.25, -0.2) is 9.98 Å². The molecule has 1 aliphatic rings. The Kier molecular flexibility index (Phi) is 3.88. The number of nitrogens with one attached hydrogen (secondary N) is 2. The van der Waals surface area contributed by atoms with Crippen molar-refractivity contribution in [1.29, 1.82) is 10.5 Å². The van der Waals surface area contributed by atoms with Crippen LogP contribution in [0.5, 0.6) is 0 Å². The van der Waals surface area contributed by atoms with Crippen LogP contribution in [0, 0.1) is 36.6 Å². The zero-order chi connectivity index (χ0) is 18.1. The Morgan fingerprint density at radius 3 is 2.68 bits per heavy atom. The van der Waals surface area contributed by atoms with E-state index in [9.17, 15) is 5.26 Å². The molecule has 0 fully saturated rings. The second kappa shape index (κ2) is 6.02. The van der Waals surface area contributed by atoms with E-state index in [1.807, 2.05) is 44.3 Å². The molecule has 2 heterocycles. The minimum absolute atomic E-state index is 0.0316. The van der Waals surface area contributed by atoms with Crippen LogP contribution < -0.4 is 22.1 Å². The molecule has 0 saturated heterocycles. The highest BCUT2D eigenvalue weighted by molar-refractivity contribution is 5.98. The molecule has 3 rings (SSSR count). The number of nitrogens with two attached hydrogens (primary N) is 2. The first-order chi connectivity index (χ1) is 12.0. The largest absolute Gasteiger partial charge is 0.397 e. The smallest absolute Gasteiger partial charge is 0.211 e. The first-order valence-corrected chi connectivity index (χ1v) is 7.52. The Bertz CT molecular complexity index is 978. The molecule has 1 aromatic heterocycles. The lowest BCUT2D eigenvalue weighted by atomic mass is 9.90. The van der Waals surface area contributed by atoms with Crippen LogP contribution in [0.4, 0.5) is 17.3 Å². The molecule has 1 aliphatic heterocycles. The summed E-state index contributed by atoms with van der Waals surface area (Å²) in [6.07, 6.45) is 1.83. The molecule has 0 spiro atoms. The van der Waals surface area contributed by atoms with Gasteiger partial charge in [-0.2, -0.15) is 10.5 Å². The number of nitrogen functional groups attached to an aromatic ring is 2. The summed E-state index contributed by atoms with van der Waals surface area (Å²) in [5, 5.41) is 23.6. The van der Waals surface area contributed by atoms with E-state index >= 15 is 0 Å². The van der Waals surface area contributed by atoms with Crippen LogP contribution in [0.3, 0.4) is 0 Å². The zero-order valence-electron chi connectivity index (χ0n) is 13.8. The molecule has 25 heavy (non-hydrogen) atoms. The number of nitriles is 2. The molecule has 0 saturated carbocycles. The molecule has 0 radical (unpaired) electrons. The highest BCUT2D eigenvalue weighted by atomic mass is 15.2. The van der Waals surface area contributed by atoms with E-state index in [0.29, 0.717) is 11.4 Å². The maximum atomic E-state index is 9.33. The minimum atomic E-state index is -0.507. The van der Waals surface area contributed by atoms with Gasteiger partial charge in [-0.3, -0.25) is 5.32 Å². The van der Waals surface area contributed by atoms with Gasteiger partial charge in [-0.15, -0.1) is 0 Å². The van der Waals surface area contributed by atoms with Crippen molar-refractivity contribution in [3.8, 4) is 12.3 Å². The molecule has 1 unspecified atom stereocenters. The van der Waals surface area contributed by atoms with Crippen molar-refractivity contribution in [2.45, 2.75) is 19.9 Å². The number of pyridine rings is 1. The topological polar surface area (TPSA) is 149 Å². The van der Waals surface area contributed by atoms with Crippen molar-refractivity contribution >= 4 is 23.3 Å². The van der Waals surface area contributed by atoms with Crippen molar-refractivity contribution in [2.24, 2.45) is 4.99 Å². The average molecular weight is 332 g/mol. The average Bonchev–Trinajstić information content (AvgIpc) is 2.57. The zero-order valence-corrected chi connectivity index (χ0v) is 13.8. The van der Waals surface area contributed by atoms with Crippen LogP contribution in [0.15, 0.2) is 23.2 Å². The van der Waals surface area contributed by atoms with Crippen molar-refractivity contribution in [3.63, 3.8) is 0 Å². The van der Waals surface area contributed by atoms with Crippen LogP contribution in [0.25, 0.3) is 0 Å². The van der Waals surface area contributed by atoms with Crippen molar-refractivity contribution in [3.05, 3.63) is 46.0 Å². The van der Waals surface area contributed by atoms with E-state index in [-0.39, 0.29) is 23.0 Å². The third-order valence-corrected chi connectivity index (χ3v) is 4.30. The minimum Gasteiger partial charge on any atom is -0.397 e. The maximum Gasteiger partial charge on any atom is 0.211 e. The number of guanidine groups is 1. The standard InChI is InChI=1S/C17H16N8/c1-8-4-3-5-10(9(8)2)14-12-13(20)11(6-18)15(21)24-16(12)25-17(23-14)22-7-19/h3-5,14H,1-2H3,(H6,20,21,22,23,24,25). The summed E-state index contributed by atoms with van der Waals surface area (Å²) >= 11 is 0. The Hall–Kier alpha value is -3.78. The lowest BCUT2D eigenvalue weighted by molar-refractivity contribution is 0.836. The summed E-state index contributed by atoms with van der Waals surface area (Å²) in [6, 6.07) is 7.36. The third kappa shape index (κ3) is 2.56. The first kappa shape index (κ1) is 16.1. The number of fused-ring (bicyclic) bond motifs is 1. The highest BCUT2D eigenvalue weighted by Gasteiger charge is 2.30. The molecular weight excluding hydrogens is 316 g/mol.